The molecule has 0 saturated heterocycles. The van der Waals surface area contributed by atoms with E-state index in [1.807, 2.05) is 38.1 Å². The van der Waals surface area contributed by atoms with E-state index in [1.54, 1.807) is 12.4 Å². The van der Waals surface area contributed by atoms with Gasteiger partial charge in [0.1, 0.15) is 0 Å². The van der Waals surface area contributed by atoms with Gasteiger partial charge in [0, 0.05) is 17.1 Å². The van der Waals surface area contributed by atoms with Gasteiger partial charge in [0.2, 0.25) is 0 Å². The molecule has 0 saturated carbocycles. The molecule has 0 aliphatic rings. The molecule has 0 radical (unpaired) electrons. The third-order valence-electron chi connectivity index (χ3n) is 3.77. The Bertz CT molecular complexity index is 936. The normalized spacial score (nSPS) is 11.1. The number of benzene rings is 1. The zero-order chi connectivity index (χ0) is 15.7. The fraction of sp³-hybridized carbons (Fsp3) is 0.167. The Morgan fingerprint density at radius 2 is 2.09 bits per heavy atom. The number of fused-ring (bicyclic) bond motifs is 1. The van der Waals surface area contributed by atoms with Gasteiger partial charge in [0.15, 0.2) is 5.65 Å². The van der Waals surface area contributed by atoms with Gasteiger partial charge in [0.25, 0.3) is 0 Å². The molecule has 1 aromatic carbocycles. The lowest BCUT2D eigenvalue weighted by molar-refractivity contribution is 0.687. The maximum Gasteiger partial charge on any atom is 0.155 e. The molecule has 3 aromatic rings. The Morgan fingerprint density at radius 1 is 1.27 bits per heavy atom. The molecule has 0 aliphatic heterocycles. The van der Waals surface area contributed by atoms with E-state index in [9.17, 15) is 5.26 Å². The molecule has 0 fully saturated rings. The lowest BCUT2D eigenvalue weighted by Crippen LogP contribution is -2.14. The molecule has 0 unspecified atom stereocenters. The van der Waals surface area contributed by atoms with Crippen molar-refractivity contribution in [2.45, 2.75) is 19.3 Å². The average Bonchev–Trinajstić information content (AvgIpc) is 3.02. The quantitative estimate of drug-likeness (QED) is 0.734. The summed E-state index contributed by atoms with van der Waals surface area (Å²) in [6, 6.07) is 10.1. The second kappa shape index (κ2) is 5.02. The van der Waals surface area contributed by atoms with Crippen molar-refractivity contribution in [3.8, 4) is 29.5 Å². The highest BCUT2D eigenvalue weighted by atomic mass is 15.1. The smallest absolute Gasteiger partial charge is 0.155 e. The van der Waals surface area contributed by atoms with Crippen molar-refractivity contribution in [3.05, 3.63) is 47.8 Å². The Hall–Kier alpha value is -3.11. The van der Waals surface area contributed by atoms with Crippen molar-refractivity contribution < 1.29 is 0 Å². The van der Waals surface area contributed by atoms with Gasteiger partial charge in [0.05, 0.1) is 17.7 Å². The summed E-state index contributed by atoms with van der Waals surface area (Å²) in [5, 5.41) is 17.2. The molecule has 22 heavy (non-hydrogen) atoms. The number of hydrogen-bond donors (Lipinski definition) is 1. The van der Waals surface area contributed by atoms with Gasteiger partial charge in [-0.05, 0) is 54.8 Å². The van der Waals surface area contributed by atoms with Crippen LogP contribution in [0.2, 0.25) is 0 Å². The molecular formula is C18H14N4. The fourth-order valence-corrected chi connectivity index (χ4v) is 2.39. The van der Waals surface area contributed by atoms with Crippen molar-refractivity contribution in [3.63, 3.8) is 0 Å². The van der Waals surface area contributed by atoms with E-state index in [0.29, 0.717) is 0 Å². The first-order valence-electron chi connectivity index (χ1n) is 6.87. The van der Waals surface area contributed by atoms with Crippen molar-refractivity contribution in [1.29, 1.82) is 5.26 Å². The van der Waals surface area contributed by atoms with Crippen LogP contribution in [0.5, 0.6) is 0 Å². The zero-order valence-electron chi connectivity index (χ0n) is 12.4. The lowest BCUT2D eigenvalue weighted by Gasteiger charge is -2.18. The first kappa shape index (κ1) is 13.9. The van der Waals surface area contributed by atoms with Gasteiger partial charge >= 0.3 is 0 Å². The second-order valence-corrected chi connectivity index (χ2v) is 5.67. The van der Waals surface area contributed by atoms with Gasteiger partial charge in [-0.3, -0.25) is 5.10 Å². The number of hydrogen-bond acceptors (Lipinski definition) is 3. The largest absolute Gasteiger partial charge is 0.261 e. The summed E-state index contributed by atoms with van der Waals surface area (Å²) < 4.78 is 0. The highest BCUT2D eigenvalue weighted by Crippen LogP contribution is 2.32. The van der Waals surface area contributed by atoms with Crippen LogP contribution in [0, 0.1) is 23.7 Å². The molecule has 0 atom stereocenters. The van der Waals surface area contributed by atoms with Crippen LogP contribution in [-0.2, 0) is 5.41 Å². The molecule has 0 bridgehead atoms. The monoisotopic (exact) mass is 286 g/mol. The summed E-state index contributed by atoms with van der Waals surface area (Å²) in [5.74, 6) is 2.67. The van der Waals surface area contributed by atoms with Gasteiger partial charge in [-0.2, -0.15) is 10.4 Å². The third kappa shape index (κ3) is 2.21. The van der Waals surface area contributed by atoms with E-state index >= 15 is 0 Å². The van der Waals surface area contributed by atoms with Crippen LogP contribution in [0.4, 0.5) is 0 Å². The third-order valence-corrected chi connectivity index (χ3v) is 3.77. The van der Waals surface area contributed by atoms with Gasteiger partial charge in [-0.25, -0.2) is 4.98 Å². The number of nitrogens with one attached hydrogen (secondary N) is 1. The summed E-state index contributed by atoms with van der Waals surface area (Å²) in [4.78, 5) is 4.25. The van der Waals surface area contributed by atoms with Crippen molar-refractivity contribution in [1.82, 2.24) is 15.2 Å². The maximum absolute atomic E-state index is 9.38. The number of terminal acetylenes is 1. The number of aromatic nitrogens is 3. The van der Waals surface area contributed by atoms with Crippen LogP contribution in [0.1, 0.15) is 25.0 Å². The molecule has 2 heterocycles. The summed E-state index contributed by atoms with van der Waals surface area (Å²) in [5.41, 5.74) is 3.72. The van der Waals surface area contributed by atoms with E-state index in [2.05, 4.69) is 27.2 Å². The minimum absolute atomic E-state index is 0.607. The van der Waals surface area contributed by atoms with Crippen LogP contribution in [0.25, 0.3) is 22.2 Å². The number of aromatic amines is 1. The summed E-state index contributed by atoms with van der Waals surface area (Å²) >= 11 is 0. The van der Waals surface area contributed by atoms with Crippen molar-refractivity contribution in [2.24, 2.45) is 0 Å². The highest BCUT2D eigenvalue weighted by molar-refractivity contribution is 5.92. The molecule has 1 N–H and O–H groups in total. The standard InChI is InChI=1S/C18H14N4/c1-4-12-7-13(9-14(8-12)18(2,3)11-19)15-5-6-20-17-16(15)10-21-22-17/h1,5-10H,2-3H3,(H,20,21,22). The topological polar surface area (TPSA) is 65.4 Å². The molecule has 2 aromatic heterocycles. The predicted octanol–water partition coefficient (Wildman–Crippen LogP) is 3.41. The Kier molecular flexibility index (Phi) is 3.16. The number of nitriles is 1. The van der Waals surface area contributed by atoms with E-state index in [1.165, 1.54) is 0 Å². The average molecular weight is 286 g/mol. The van der Waals surface area contributed by atoms with E-state index < -0.39 is 5.41 Å². The number of pyridine rings is 1. The molecule has 4 nitrogen and oxygen atoms in total. The molecule has 0 amide bonds. The summed E-state index contributed by atoms with van der Waals surface area (Å²) in [6.07, 6.45) is 9.05. The Labute approximate surface area is 128 Å². The Balaban J connectivity index is 2.28. The predicted molar refractivity (Wildman–Crippen MR) is 85.9 cm³/mol. The lowest BCUT2D eigenvalue weighted by atomic mass is 9.83. The SMILES string of the molecule is C#Cc1cc(-c2ccnc3[nH]ncc23)cc(C(C)(C)C#N)c1. The minimum Gasteiger partial charge on any atom is -0.261 e. The first-order chi connectivity index (χ1) is 10.5. The van der Waals surface area contributed by atoms with Crippen LogP contribution in [-0.4, -0.2) is 15.2 Å². The van der Waals surface area contributed by atoms with E-state index in [-0.39, 0.29) is 0 Å². The zero-order valence-corrected chi connectivity index (χ0v) is 12.4. The van der Waals surface area contributed by atoms with E-state index in [4.69, 9.17) is 6.42 Å². The maximum atomic E-state index is 9.38. The fourth-order valence-electron chi connectivity index (χ4n) is 2.39. The number of H-pyrrole nitrogens is 1. The first-order valence-corrected chi connectivity index (χ1v) is 6.87. The van der Waals surface area contributed by atoms with Gasteiger partial charge in [-0.1, -0.05) is 5.92 Å². The summed E-state index contributed by atoms with van der Waals surface area (Å²) in [7, 11) is 0. The molecule has 3 rings (SSSR count). The molecule has 4 heteroatoms. The van der Waals surface area contributed by atoms with Gasteiger partial charge < -0.3 is 0 Å². The van der Waals surface area contributed by atoms with Crippen LogP contribution in [0.15, 0.2) is 36.7 Å². The summed E-state index contributed by atoms with van der Waals surface area (Å²) in [6.45, 7) is 3.76. The number of nitrogens with zero attached hydrogens (tertiary/aromatic N) is 3. The minimum atomic E-state index is -0.607. The highest BCUT2D eigenvalue weighted by Gasteiger charge is 2.21. The van der Waals surface area contributed by atoms with Crippen LogP contribution >= 0.6 is 0 Å². The molecule has 106 valence electrons. The van der Waals surface area contributed by atoms with Crippen molar-refractivity contribution >= 4 is 11.0 Å². The molecule has 0 aliphatic carbocycles. The van der Waals surface area contributed by atoms with Crippen molar-refractivity contribution in [2.75, 3.05) is 0 Å². The second-order valence-electron chi connectivity index (χ2n) is 5.67. The van der Waals surface area contributed by atoms with Gasteiger partial charge in [-0.15, -0.1) is 6.42 Å². The molecule has 0 spiro atoms. The van der Waals surface area contributed by atoms with E-state index in [0.717, 1.165) is 33.3 Å². The van der Waals surface area contributed by atoms with Crippen LogP contribution < -0.4 is 0 Å². The molecular weight excluding hydrogens is 272 g/mol. The Morgan fingerprint density at radius 3 is 2.82 bits per heavy atom. The number of rotatable bonds is 2. The van der Waals surface area contributed by atoms with Crippen LogP contribution in [0.3, 0.4) is 0 Å².